The van der Waals surface area contributed by atoms with Crippen LogP contribution >= 0.6 is 0 Å². The summed E-state index contributed by atoms with van der Waals surface area (Å²) in [5.41, 5.74) is 8.97. The standard InChI is InChI=1S/C27H16O2/c1-2-8-16(9-3-1)23-15-21-25-19-12-6-7-13-22(19)28-26(25)20-14-17-10-4-5-11-18(17)24(20)27(21)29-23/h1-13,15H,14H2. The van der Waals surface area contributed by atoms with Gasteiger partial charge in [0.05, 0.1) is 0 Å². The summed E-state index contributed by atoms with van der Waals surface area (Å²) in [5.74, 6) is 0.893. The highest BCUT2D eigenvalue weighted by Gasteiger charge is 2.29. The minimum Gasteiger partial charge on any atom is -0.456 e. The molecule has 0 N–H and O–H groups in total. The molecule has 0 saturated heterocycles. The number of fused-ring (bicyclic) bond motifs is 10. The number of furan rings is 2. The Morgan fingerprint density at radius 1 is 0.655 bits per heavy atom. The van der Waals surface area contributed by atoms with Gasteiger partial charge in [-0.05, 0) is 23.3 Å². The molecule has 2 heterocycles. The van der Waals surface area contributed by atoms with Gasteiger partial charge in [0.15, 0.2) is 0 Å². The first-order valence-corrected chi connectivity index (χ1v) is 9.92. The Kier molecular flexibility index (Phi) is 2.82. The fourth-order valence-electron chi connectivity index (χ4n) is 4.85. The van der Waals surface area contributed by atoms with E-state index in [0.29, 0.717) is 0 Å². The van der Waals surface area contributed by atoms with Gasteiger partial charge in [-0.15, -0.1) is 0 Å². The molecule has 0 radical (unpaired) electrons. The van der Waals surface area contributed by atoms with Crippen molar-refractivity contribution in [2.75, 3.05) is 0 Å². The van der Waals surface area contributed by atoms with Crippen molar-refractivity contribution in [2.45, 2.75) is 6.42 Å². The van der Waals surface area contributed by atoms with Crippen LogP contribution in [0.3, 0.4) is 0 Å². The van der Waals surface area contributed by atoms with Crippen molar-refractivity contribution in [3.05, 3.63) is 96.1 Å². The Balaban J connectivity index is 1.70. The Labute approximate surface area is 167 Å². The second-order valence-corrected chi connectivity index (χ2v) is 7.71. The van der Waals surface area contributed by atoms with Gasteiger partial charge in [0.1, 0.15) is 22.5 Å². The molecule has 2 aromatic heterocycles. The van der Waals surface area contributed by atoms with Crippen LogP contribution in [-0.4, -0.2) is 0 Å². The minimum absolute atomic E-state index is 0.874. The van der Waals surface area contributed by atoms with E-state index in [0.717, 1.165) is 50.7 Å². The van der Waals surface area contributed by atoms with Crippen LogP contribution in [0.4, 0.5) is 0 Å². The highest BCUT2D eigenvalue weighted by Crippen LogP contribution is 2.50. The molecule has 0 atom stereocenters. The van der Waals surface area contributed by atoms with Crippen LogP contribution in [0.15, 0.2) is 93.8 Å². The second-order valence-electron chi connectivity index (χ2n) is 7.71. The highest BCUT2D eigenvalue weighted by molar-refractivity contribution is 6.23. The van der Waals surface area contributed by atoms with Gasteiger partial charge < -0.3 is 8.83 Å². The molecule has 0 amide bonds. The quantitative estimate of drug-likeness (QED) is 0.297. The van der Waals surface area contributed by atoms with E-state index in [1.165, 1.54) is 22.3 Å². The van der Waals surface area contributed by atoms with Crippen molar-refractivity contribution < 1.29 is 8.83 Å². The van der Waals surface area contributed by atoms with Crippen molar-refractivity contribution in [2.24, 2.45) is 0 Å². The van der Waals surface area contributed by atoms with E-state index in [1.54, 1.807) is 0 Å². The number of hydrogen-bond donors (Lipinski definition) is 0. The second kappa shape index (κ2) is 5.39. The molecule has 0 spiro atoms. The molecular formula is C27H16O2. The van der Waals surface area contributed by atoms with Gasteiger partial charge >= 0.3 is 0 Å². The predicted octanol–water partition coefficient (Wildman–Crippen LogP) is 7.57. The van der Waals surface area contributed by atoms with Crippen LogP contribution in [0.25, 0.3) is 55.4 Å². The topological polar surface area (TPSA) is 26.3 Å². The van der Waals surface area contributed by atoms with Crippen LogP contribution in [0.5, 0.6) is 0 Å². The fraction of sp³-hybridized carbons (Fsp3) is 0.0370. The van der Waals surface area contributed by atoms with Crippen molar-refractivity contribution in [1.29, 1.82) is 0 Å². The molecule has 1 aliphatic rings. The molecule has 0 fully saturated rings. The number of rotatable bonds is 1. The number of para-hydroxylation sites is 1. The summed E-state index contributed by atoms with van der Waals surface area (Å²) in [7, 11) is 0. The molecule has 2 heteroatoms. The summed E-state index contributed by atoms with van der Waals surface area (Å²) in [4.78, 5) is 0. The van der Waals surface area contributed by atoms with Crippen molar-refractivity contribution >= 4 is 32.9 Å². The Morgan fingerprint density at radius 3 is 2.38 bits per heavy atom. The van der Waals surface area contributed by atoms with Crippen LogP contribution in [-0.2, 0) is 6.42 Å². The van der Waals surface area contributed by atoms with Gasteiger partial charge in [-0.3, -0.25) is 0 Å². The van der Waals surface area contributed by atoms with Gasteiger partial charge in [-0.1, -0.05) is 72.8 Å². The van der Waals surface area contributed by atoms with Crippen molar-refractivity contribution in [3.63, 3.8) is 0 Å². The third kappa shape index (κ3) is 1.95. The normalized spacial score (nSPS) is 12.7. The number of benzene rings is 4. The molecule has 4 aromatic carbocycles. The molecule has 136 valence electrons. The molecule has 1 aliphatic carbocycles. The Bertz CT molecular complexity index is 1560. The van der Waals surface area contributed by atoms with E-state index in [4.69, 9.17) is 8.83 Å². The lowest BCUT2D eigenvalue weighted by atomic mass is 9.98. The molecule has 6 aromatic rings. The Hall–Kier alpha value is -3.78. The summed E-state index contributed by atoms with van der Waals surface area (Å²) < 4.78 is 12.9. The van der Waals surface area contributed by atoms with Crippen LogP contribution < -0.4 is 0 Å². The van der Waals surface area contributed by atoms with Crippen molar-refractivity contribution in [1.82, 2.24) is 0 Å². The molecule has 0 bridgehead atoms. The summed E-state index contributed by atoms with van der Waals surface area (Å²) in [6.07, 6.45) is 0.874. The van der Waals surface area contributed by atoms with Crippen LogP contribution in [0.1, 0.15) is 11.1 Å². The maximum atomic E-state index is 6.54. The van der Waals surface area contributed by atoms with E-state index in [9.17, 15) is 0 Å². The lowest BCUT2D eigenvalue weighted by molar-refractivity contribution is 0.631. The maximum Gasteiger partial charge on any atom is 0.143 e. The zero-order chi connectivity index (χ0) is 18.9. The van der Waals surface area contributed by atoms with Gasteiger partial charge in [0.25, 0.3) is 0 Å². The summed E-state index contributed by atoms with van der Waals surface area (Å²) in [6.45, 7) is 0. The monoisotopic (exact) mass is 372 g/mol. The molecule has 2 nitrogen and oxygen atoms in total. The molecule has 0 aliphatic heterocycles. The van der Waals surface area contributed by atoms with Gasteiger partial charge in [0, 0.05) is 39.3 Å². The highest BCUT2D eigenvalue weighted by atomic mass is 16.3. The summed E-state index contributed by atoms with van der Waals surface area (Å²) in [5, 5.41) is 3.43. The van der Waals surface area contributed by atoms with Crippen LogP contribution in [0, 0.1) is 0 Å². The minimum atomic E-state index is 0.874. The smallest absolute Gasteiger partial charge is 0.143 e. The average Bonchev–Trinajstić information content (AvgIpc) is 3.46. The zero-order valence-electron chi connectivity index (χ0n) is 15.6. The van der Waals surface area contributed by atoms with Gasteiger partial charge in [0.2, 0.25) is 0 Å². The van der Waals surface area contributed by atoms with Crippen LogP contribution in [0.2, 0.25) is 0 Å². The van der Waals surface area contributed by atoms with Gasteiger partial charge in [-0.2, -0.15) is 0 Å². The molecular weight excluding hydrogens is 356 g/mol. The van der Waals surface area contributed by atoms with E-state index in [1.807, 2.05) is 30.3 Å². The van der Waals surface area contributed by atoms with Crippen molar-refractivity contribution in [3.8, 4) is 22.5 Å². The van der Waals surface area contributed by atoms with E-state index < -0.39 is 0 Å². The number of hydrogen-bond acceptors (Lipinski definition) is 2. The largest absolute Gasteiger partial charge is 0.456 e. The molecule has 7 rings (SSSR count). The summed E-state index contributed by atoms with van der Waals surface area (Å²) >= 11 is 0. The molecule has 29 heavy (non-hydrogen) atoms. The van der Waals surface area contributed by atoms with E-state index >= 15 is 0 Å². The zero-order valence-corrected chi connectivity index (χ0v) is 15.6. The molecule has 0 saturated carbocycles. The Morgan fingerprint density at radius 2 is 1.45 bits per heavy atom. The first-order chi connectivity index (χ1) is 14.4. The molecule has 0 unspecified atom stereocenters. The van der Waals surface area contributed by atoms with Gasteiger partial charge in [-0.25, -0.2) is 0 Å². The first-order valence-electron chi connectivity index (χ1n) is 9.92. The van der Waals surface area contributed by atoms with E-state index in [2.05, 4.69) is 54.6 Å². The summed E-state index contributed by atoms with van der Waals surface area (Å²) in [6, 6.07) is 29.4. The lowest BCUT2D eigenvalue weighted by Crippen LogP contribution is -1.83. The third-order valence-electron chi connectivity index (χ3n) is 6.11. The first kappa shape index (κ1) is 15.2. The third-order valence-corrected chi connectivity index (χ3v) is 6.11. The average molecular weight is 372 g/mol. The SMILES string of the molecule is c1ccc(-c2cc3c(o2)c2c(c4oc5ccccc5c43)Cc3ccccc3-2)cc1. The maximum absolute atomic E-state index is 6.54. The fourth-order valence-corrected chi connectivity index (χ4v) is 4.85. The predicted molar refractivity (Wildman–Crippen MR) is 117 cm³/mol. The lowest BCUT2D eigenvalue weighted by Gasteiger charge is -2.04. The van der Waals surface area contributed by atoms with E-state index in [-0.39, 0.29) is 0 Å².